The minimum absolute atomic E-state index is 0.121. The fourth-order valence-electron chi connectivity index (χ4n) is 3.33. The van der Waals surface area contributed by atoms with Gasteiger partial charge in [0, 0.05) is 31.9 Å². The largest absolute Gasteiger partial charge is 0.381 e. The van der Waals surface area contributed by atoms with Crippen LogP contribution in [-0.4, -0.2) is 34.4 Å². The summed E-state index contributed by atoms with van der Waals surface area (Å²) < 4.78 is 13.7. The summed E-state index contributed by atoms with van der Waals surface area (Å²) in [5.41, 5.74) is 1.95. The number of rotatable bonds is 3. The van der Waals surface area contributed by atoms with Crippen LogP contribution in [0.15, 0.2) is 18.3 Å². The van der Waals surface area contributed by atoms with Crippen LogP contribution in [0, 0.1) is 5.92 Å². The van der Waals surface area contributed by atoms with Gasteiger partial charge in [-0.15, -0.1) is 0 Å². The van der Waals surface area contributed by atoms with Crippen LogP contribution in [0.4, 0.5) is 0 Å². The molecule has 2 aromatic rings. The maximum absolute atomic E-state index is 5.96. The third-order valence-electron chi connectivity index (χ3n) is 4.47. The van der Waals surface area contributed by atoms with Crippen LogP contribution in [0.1, 0.15) is 37.6 Å². The van der Waals surface area contributed by atoms with Gasteiger partial charge in [0.25, 0.3) is 0 Å². The van der Waals surface area contributed by atoms with Gasteiger partial charge in [0.15, 0.2) is 5.65 Å². The second kappa shape index (κ2) is 5.73. The Kier molecular flexibility index (Phi) is 3.61. The molecule has 21 heavy (non-hydrogen) atoms. The molecule has 0 amide bonds. The Morgan fingerprint density at radius 1 is 1.24 bits per heavy atom. The average molecular weight is 287 g/mol. The van der Waals surface area contributed by atoms with E-state index in [0.717, 1.165) is 62.6 Å². The van der Waals surface area contributed by atoms with E-state index in [1.807, 2.05) is 18.3 Å². The average Bonchev–Trinajstić information content (AvgIpc) is 3.17. The van der Waals surface area contributed by atoms with E-state index in [0.29, 0.717) is 5.92 Å². The van der Waals surface area contributed by atoms with Gasteiger partial charge in [-0.3, -0.25) is 0 Å². The lowest BCUT2D eigenvalue weighted by atomic mass is 10.1. The van der Waals surface area contributed by atoms with Gasteiger partial charge in [-0.05, 0) is 37.8 Å². The number of aromatic nitrogens is 3. The smallest absolute Gasteiger partial charge is 0.160 e. The van der Waals surface area contributed by atoms with Crippen molar-refractivity contribution in [2.45, 2.75) is 38.3 Å². The summed E-state index contributed by atoms with van der Waals surface area (Å²) in [6.07, 6.45) is 6.52. The first-order chi connectivity index (χ1) is 10.4. The zero-order chi connectivity index (χ0) is 14.1. The van der Waals surface area contributed by atoms with E-state index in [4.69, 9.17) is 14.5 Å². The topological polar surface area (TPSA) is 49.2 Å². The van der Waals surface area contributed by atoms with Gasteiger partial charge in [0.1, 0.15) is 17.4 Å². The molecule has 4 rings (SSSR count). The van der Waals surface area contributed by atoms with E-state index in [1.54, 1.807) is 0 Å². The Morgan fingerprint density at radius 3 is 3.05 bits per heavy atom. The van der Waals surface area contributed by atoms with Crippen LogP contribution in [0.3, 0.4) is 0 Å². The number of hydrogen-bond donors (Lipinski definition) is 0. The second-order valence-corrected chi connectivity index (χ2v) is 6.01. The van der Waals surface area contributed by atoms with E-state index < -0.39 is 0 Å². The van der Waals surface area contributed by atoms with Crippen LogP contribution in [0.25, 0.3) is 11.2 Å². The molecule has 2 aliphatic heterocycles. The van der Waals surface area contributed by atoms with Crippen molar-refractivity contribution < 1.29 is 9.47 Å². The molecule has 2 unspecified atom stereocenters. The van der Waals surface area contributed by atoms with Crippen LogP contribution >= 0.6 is 0 Å². The minimum Gasteiger partial charge on any atom is -0.381 e. The van der Waals surface area contributed by atoms with Crippen molar-refractivity contribution in [3.05, 3.63) is 24.2 Å². The molecular weight excluding hydrogens is 266 g/mol. The molecule has 5 heteroatoms. The van der Waals surface area contributed by atoms with Crippen molar-refractivity contribution in [2.24, 2.45) is 5.92 Å². The quantitative estimate of drug-likeness (QED) is 0.871. The fraction of sp³-hybridized carbons (Fsp3) is 0.625. The van der Waals surface area contributed by atoms with E-state index in [-0.39, 0.29) is 6.10 Å². The molecule has 2 atom stereocenters. The van der Waals surface area contributed by atoms with Gasteiger partial charge >= 0.3 is 0 Å². The van der Waals surface area contributed by atoms with Crippen molar-refractivity contribution in [2.75, 3.05) is 19.8 Å². The third-order valence-corrected chi connectivity index (χ3v) is 4.47. The fourth-order valence-corrected chi connectivity index (χ4v) is 3.33. The first kappa shape index (κ1) is 13.2. The number of pyridine rings is 1. The third kappa shape index (κ3) is 2.56. The van der Waals surface area contributed by atoms with Crippen LogP contribution in [-0.2, 0) is 16.0 Å². The lowest BCUT2D eigenvalue weighted by molar-refractivity contribution is 0.00717. The molecule has 2 saturated heterocycles. The van der Waals surface area contributed by atoms with Crippen molar-refractivity contribution in [1.29, 1.82) is 0 Å². The van der Waals surface area contributed by atoms with Crippen molar-refractivity contribution in [3.8, 4) is 0 Å². The first-order valence-corrected chi connectivity index (χ1v) is 7.92. The summed E-state index contributed by atoms with van der Waals surface area (Å²) in [7, 11) is 0. The molecule has 0 bridgehead atoms. The molecule has 112 valence electrons. The Morgan fingerprint density at radius 2 is 2.24 bits per heavy atom. The molecule has 5 nitrogen and oxygen atoms in total. The van der Waals surface area contributed by atoms with Gasteiger partial charge in [-0.1, -0.05) is 0 Å². The first-order valence-electron chi connectivity index (χ1n) is 7.92. The van der Waals surface area contributed by atoms with E-state index in [1.165, 1.54) is 6.42 Å². The highest BCUT2D eigenvalue weighted by atomic mass is 16.5. The van der Waals surface area contributed by atoms with Crippen LogP contribution < -0.4 is 0 Å². The van der Waals surface area contributed by atoms with Gasteiger partial charge in [0.2, 0.25) is 0 Å². The SMILES string of the molecule is c1cnc2c(c1)nc(C1CCCCO1)n2CC1CCOC1. The summed E-state index contributed by atoms with van der Waals surface area (Å²) in [6, 6.07) is 3.99. The van der Waals surface area contributed by atoms with Crippen molar-refractivity contribution in [1.82, 2.24) is 14.5 Å². The molecule has 0 N–H and O–H groups in total. The van der Waals surface area contributed by atoms with E-state index >= 15 is 0 Å². The Labute approximate surface area is 124 Å². The number of imidazole rings is 1. The molecule has 2 fully saturated rings. The van der Waals surface area contributed by atoms with Gasteiger partial charge in [-0.25, -0.2) is 9.97 Å². The summed E-state index contributed by atoms with van der Waals surface area (Å²) in [5, 5.41) is 0. The standard InChI is InChI=1S/C16H21N3O2/c1-2-8-21-14(5-1)16-18-13-4-3-7-17-15(13)19(16)10-12-6-9-20-11-12/h3-4,7,12,14H,1-2,5-6,8-11H2. The molecule has 2 aromatic heterocycles. The van der Waals surface area contributed by atoms with Crippen molar-refractivity contribution >= 4 is 11.2 Å². The van der Waals surface area contributed by atoms with Gasteiger partial charge in [0.05, 0.1) is 6.61 Å². The zero-order valence-corrected chi connectivity index (χ0v) is 12.2. The zero-order valence-electron chi connectivity index (χ0n) is 12.2. The Balaban J connectivity index is 1.72. The highest BCUT2D eigenvalue weighted by Gasteiger charge is 2.26. The van der Waals surface area contributed by atoms with Crippen molar-refractivity contribution in [3.63, 3.8) is 0 Å². The highest BCUT2D eigenvalue weighted by molar-refractivity contribution is 5.71. The molecule has 2 aliphatic rings. The number of hydrogen-bond acceptors (Lipinski definition) is 4. The second-order valence-electron chi connectivity index (χ2n) is 6.01. The monoisotopic (exact) mass is 287 g/mol. The lowest BCUT2D eigenvalue weighted by Gasteiger charge is -2.23. The maximum atomic E-state index is 5.96. The number of nitrogens with zero attached hydrogens (tertiary/aromatic N) is 3. The normalized spacial score (nSPS) is 26.5. The summed E-state index contributed by atoms with van der Waals surface area (Å²) in [5.74, 6) is 1.61. The molecule has 0 aromatic carbocycles. The van der Waals surface area contributed by atoms with Gasteiger partial charge in [-0.2, -0.15) is 0 Å². The maximum Gasteiger partial charge on any atom is 0.160 e. The summed E-state index contributed by atoms with van der Waals surface area (Å²) >= 11 is 0. The predicted octanol–water partition coefficient (Wildman–Crippen LogP) is 2.71. The molecular formula is C16H21N3O2. The van der Waals surface area contributed by atoms with Crippen LogP contribution in [0.2, 0.25) is 0 Å². The Hall–Kier alpha value is -1.46. The molecule has 0 saturated carbocycles. The molecule has 0 radical (unpaired) electrons. The minimum atomic E-state index is 0.121. The molecule has 0 spiro atoms. The van der Waals surface area contributed by atoms with E-state index in [9.17, 15) is 0 Å². The Bertz CT molecular complexity index is 613. The predicted molar refractivity (Wildman–Crippen MR) is 79.0 cm³/mol. The molecule has 0 aliphatic carbocycles. The van der Waals surface area contributed by atoms with Crippen LogP contribution in [0.5, 0.6) is 0 Å². The lowest BCUT2D eigenvalue weighted by Crippen LogP contribution is -2.19. The highest BCUT2D eigenvalue weighted by Crippen LogP contribution is 2.30. The van der Waals surface area contributed by atoms with Gasteiger partial charge < -0.3 is 14.0 Å². The number of ether oxygens (including phenoxy) is 2. The summed E-state index contributed by atoms with van der Waals surface area (Å²) in [6.45, 7) is 3.49. The molecule has 4 heterocycles. The van der Waals surface area contributed by atoms with E-state index in [2.05, 4.69) is 9.55 Å². The summed E-state index contributed by atoms with van der Waals surface area (Å²) in [4.78, 5) is 9.36. The number of fused-ring (bicyclic) bond motifs is 1.